The van der Waals surface area contributed by atoms with Gasteiger partial charge >= 0.3 is 0 Å². The molecule has 6 aromatic rings. The zero-order valence-electron chi connectivity index (χ0n) is 28.5. The Balaban J connectivity index is 0.000000188. The summed E-state index contributed by atoms with van der Waals surface area (Å²) in [6, 6.07) is 51.3. The van der Waals surface area contributed by atoms with E-state index in [1.165, 1.54) is 66.8 Å². The lowest BCUT2D eigenvalue weighted by Crippen LogP contribution is -1.77. The van der Waals surface area contributed by atoms with E-state index in [4.69, 9.17) is 0 Å². The summed E-state index contributed by atoms with van der Waals surface area (Å²) in [5.41, 5.74) is 14.9. The zero-order chi connectivity index (χ0) is 33.6. The second-order valence-corrected chi connectivity index (χ2v) is 12.3. The van der Waals surface area contributed by atoms with Gasteiger partial charge in [0.2, 0.25) is 0 Å². The Kier molecular flexibility index (Phi) is 12.1. The lowest BCUT2D eigenvalue weighted by Gasteiger charge is -1.99. The maximum Gasteiger partial charge on any atom is -0.0254 e. The normalized spacial score (nSPS) is 11.4. The van der Waals surface area contributed by atoms with Gasteiger partial charge in [0, 0.05) is 0 Å². The number of hydrogen-bond donors (Lipinski definition) is 0. The standard InChI is InChI=1S/2C24H22/c2*1-19-5-3-7-23(17-19)15-13-21-9-11-22(12-10-21)14-16-24-8-4-6-20(2)18-24/h2*3-18H,1-2H3. The van der Waals surface area contributed by atoms with Crippen molar-refractivity contribution in [2.24, 2.45) is 0 Å². The van der Waals surface area contributed by atoms with Gasteiger partial charge in [0.1, 0.15) is 0 Å². The van der Waals surface area contributed by atoms with Crippen LogP contribution in [0.1, 0.15) is 66.8 Å². The Morgan fingerprint density at radius 2 is 0.417 bits per heavy atom. The van der Waals surface area contributed by atoms with Gasteiger partial charge in [0.05, 0.1) is 0 Å². The van der Waals surface area contributed by atoms with E-state index in [1.807, 2.05) is 0 Å². The van der Waals surface area contributed by atoms with Crippen LogP contribution in [0.25, 0.3) is 48.6 Å². The second kappa shape index (κ2) is 17.3. The Labute approximate surface area is 287 Å². The number of hydrogen-bond acceptors (Lipinski definition) is 0. The fourth-order valence-corrected chi connectivity index (χ4v) is 5.30. The van der Waals surface area contributed by atoms with E-state index in [1.54, 1.807) is 0 Å². The molecule has 0 unspecified atom stereocenters. The average Bonchev–Trinajstić information content (AvgIpc) is 3.09. The fraction of sp³-hybridized carbons (Fsp3) is 0.0833. The molecule has 0 aromatic heterocycles. The van der Waals surface area contributed by atoms with Gasteiger partial charge in [-0.1, -0.05) is 216 Å². The van der Waals surface area contributed by atoms with Crippen molar-refractivity contribution >= 4 is 48.6 Å². The molecule has 0 bridgehead atoms. The predicted molar refractivity (Wildman–Crippen MR) is 213 cm³/mol. The molecule has 236 valence electrons. The molecular formula is C48H44. The second-order valence-electron chi connectivity index (χ2n) is 12.3. The van der Waals surface area contributed by atoms with E-state index in [9.17, 15) is 0 Å². The molecule has 0 spiro atoms. The highest BCUT2D eigenvalue weighted by atomic mass is 14.0. The average molecular weight is 621 g/mol. The molecule has 0 aliphatic heterocycles. The summed E-state index contributed by atoms with van der Waals surface area (Å²) in [6.07, 6.45) is 17.3. The summed E-state index contributed by atoms with van der Waals surface area (Å²) in [5, 5.41) is 0. The Hall–Kier alpha value is -5.72. The summed E-state index contributed by atoms with van der Waals surface area (Å²) < 4.78 is 0. The van der Waals surface area contributed by atoms with Gasteiger partial charge < -0.3 is 0 Å². The van der Waals surface area contributed by atoms with Crippen LogP contribution in [-0.2, 0) is 0 Å². The molecule has 0 saturated heterocycles. The van der Waals surface area contributed by atoms with Gasteiger partial charge in [0.25, 0.3) is 0 Å². The minimum atomic E-state index is 1.21. The first-order chi connectivity index (χ1) is 23.4. The largest absolute Gasteiger partial charge is 0.0614 e. The first-order valence-corrected chi connectivity index (χ1v) is 16.6. The number of rotatable bonds is 8. The molecule has 0 heterocycles. The highest BCUT2D eigenvalue weighted by molar-refractivity contribution is 5.74. The van der Waals surface area contributed by atoms with Crippen molar-refractivity contribution in [2.75, 3.05) is 0 Å². The Morgan fingerprint density at radius 1 is 0.229 bits per heavy atom. The predicted octanol–water partition coefficient (Wildman–Crippen LogP) is 13.3. The molecule has 0 fully saturated rings. The minimum Gasteiger partial charge on any atom is -0.0614 e. The van der Waals surface area contributed by atoms with Crippen molar-refractivity contribution in [1.82, 2.24) is 0 Å². The van der Waals surface area contributed by atoms with E-state index in [0.717, 1.165) is 0 Å². The maximum absolute atomic E-state index is 2.19. The van der Waals surface area contributed by atoms with Gasteiger partial charge in [-0.05, 0) is 72.2 Å². The van der Waals surface area contributed by atoms with Crippen molar-refractivity contribution in [1.29, 1.82) is 0 Å². The minimum absolute atomic E-state index is 1.21. The van der Waals surface area contributed by atoms with Crippen molar-refractivity contribution in [2.45, 2.75) is 27.7 Å². The lowest BCUT2D eigenvalue weighted by molar-refractivity contribution is 1.46. The van der Waals surface area contributed by atoms with Gasteiger partial charge in [0.15, 0.2) is 0 Å². The van der Waals surface area contributed by atoms with Crippen LogP contribution >= 0.6 is 0 Å². The maximum atomic E-state index is 2.19. The smallest absolute Gasteiger partial charge is 0.0254 e. The first-order valence-electron chi connectivity index (χ1n) is 16.6. The fourth-order valence-electron chi connectivity index (χ4n) is 5.30. The third kappa shape index (κ3) is 11.3. The van der Waals surface area contributed by atoms with Gasteiger partial charge in [-0.25, -0.2) is 0 Å². The molecule has 0 radical (unpaired) electrons. The lowest BCUT2D eigenvalue weighted by atomic mass is 10.1. The summed E-state index contributed by atoms with van der Waals surface area (Å²) in [7, 11) is 0. The number of benzene rings is 6. The molecule has 0 heteroatoms. The van der Waals surface area contributed by atoms with E-state index < -0.39 is 0 Å². The van der Waals surface area contributed by atoms with Crippen LogP contribution in [0.15, 0.2) is 146 Å². The molecular weight excluding hydrogens is 577 g/mol. The summed E-state index contributed by atoms with van der Waals surface area (Å²) >= 11 is 0. The van der Waals surface area contributed by atoms with E-state index in [2.05, 4.69) is 222 Å². The van der Waals surface area contributed by atoms with Crippen molar-refractivity contribution in [3.8, 4) is 0 Å². The molecule has 0 amide bonds. The summed E-state index contributed by atoms with van der Waals surface area (Å²) in [6.45, 7) is 8.47. The third-order valence-corrected chi connectivity index (χ3v) is 7.91. The molecule has 6 rings (SSSR count). The monoisotopic (exact) mass is 620 g/mol. The molecule has 0 nitrogen and oxygen atoms in total. The van der Waals surface area contributed by atoms with Gasteiger partial charge in [-0.15, -0.1) is 0 Å². The van der Waals surface area contributed by atoms with Crippen molar-refractivity contribution in [3.63, 3.8) is 0 Å². The van der Waals surface area contributed by atoms with Crippen molar-refractivity contribution < 1.29 is 0 Å². The van der Waals surface area contributed by atoms with Crippen LogP contribution in [0.2, 0.25) is 0 Å². The molecule has 0 atom stereocenters. The highest BCUT2D eigenvalue weighted by Gasteiger charge is 1.94. The van der Waals surface area contributed by atoms with Gasteiger partial charge in [-0.3, -0.25) is 0 Å². The highest BCUT2D eigenvalue weighted by Crippen LogP contribution is 2.16. The molecule has 0 aliphatic carbocycles. The zero-order valence-corrected chi connectivity index (χ0v) is 28.5. The molecule has 0 aliphatic rings. The van der Waals surface area contributed by atoms with Crippen LogP contribution in [0.4, 0.5) is 0 Å². The molecule has 0 saturated carbocycles. The van der Waals surface area contributed by atoms with Crippen LogP contribution in [0, 0.1) is 27.7 Å². The van der Waals surface area contributed by atoms with Crippen LogP contribution in [-0.4, -0.2) is 0 Å². The SMILES string of the molecule is Cc1cccc(C=Cc2ccc(C=Cc3cccc(C)c3)cc2)c1.Cc1cccc(C=Cc2ccc(C=Cc3cccc(C)c3)cc2)c1. The molecule has 48 heavy (non-hydrogen) atoms. The topological polar surface area (TPSA) is 0 Å². The van der Waals surface area contributed by atoms with E-state index in [0.29, 0.717) is 0 Å². The van der Waals surface area contributed by atoms with Crippen molar-refractivity contribution in [3.05, 3.63) is 212 Å². The Bertz CT molecular complexity index is 1730. The summed E-state index contributed by atoms with van der Waals surface area (Å²) in [4.78, 5) is 0. The van der Waals surface area contributed by atoms with Gasteiger partial charge in [-0.2, -0.15) is 0 Å². The van der Waals surface area contributed by atoms with Crippen LogP contribution in [0.3, 0.4) is 0 Å². The molecule has 6 aromatic carbocycles. The Morgan fingerprint density at radius 3 is 0.604 bits per heavy atom. The first kappa shape index (κ1) is 33.6. The van der Waals surface area contributed by atoms with Crippen LogP contribution in [0.5, 0.6) is 0 Å². The quantitative estimate of drug-likeness (QED) is 0.149. The van der Waals surface area contributed by atoms with E-state index >= 15 is 0 Å². The van der Waals surface area contributed by atoms with Crippen LogP contribution < -0.4 is 0 Å². The third-order valence-electron chi connectivity index (χ3n) is 7.91. The summed E-state index contributed by atoms with van der Waals surface area (Å²) in [5.74, 6) is 0. The van der Waals surface area contributed by atoms with E-state index in [-0.39, 0.29) is 0 Å². The number of aryl methyl sites for hydroxylation is 4. The molecule has 0 N–H and O–H groups in total.